The van der Waals surface area contributed by atoms with E-state index in [4.69, 9.17) is 9.47 Å². The maximum absolute atomic E-state index is 13.8. The SMILES string of the molecule is COc1cc2c(cc1OC)[C@H](C(=O)N1CCN(C)CC1)[C@@H](c1cccs1)N(C)C2=O. The standard InChI is InChI=1S/C22H27N3O4S/c1-23-7-9-25(10-8-23)22(27)19-14-12-16(28-3)17(29-4)13-15(14)21(26)24(2)20(19)18-6-5-11-30-18/h5-6,11-13,19-20H,7-10H2,1-4H3/t19-,20+/m0/s1. The van der Waals surface area contributed by atoms with Gasteiger partial charge in [-0.2, -0.15) is 0 Å². The molecule has 0 saturated carbocycles. The van der Waals surface area contributed by atoms with Crippen molar-refractivity contribution in [2.24, 2.45) is 0 Å². The zero-order chi connectivity index (χ0) is 21.4. The first-order valence-electron chi connectivity index (χ1n) is 10.00. The predicted molar refractivity (Wildman–Crippen MR) is 116 cm³/mol. The minimum Gasteiger partial charge on any atom is -0.493 e. The van der Waals surface area contributed by atoms with Crippen LogP contribution in [0.2, 0.25) is 0 Å². The number of hydrogen-bond donors (Lipinski definition) is 0. The predicted octanol–water partition coefficient (Wildman–Crippen LogP) is 2.45. The van der Waals surface area contributed by atoms with Crippen molar-refractivity contribution in [1.82, 2.24) is 14.7 Å². The third-order valence-corrected chi connectivity index (χ3v) is 7.03. The number of methoxy groups -OCH3 is 2. The van der Waals surface area contributed by atoms with E-state index in [0.29, 0.717) is 35.7 Å². The number of nitrogens with zero attached hydrogens (tertiary/aromatic N) is 3. The molecule has 2 aliphatic rings. The summed E-state index contributed by atoms with van der Waals surface area (Å²) in [4.78, 5) is 34.0. The number of piperazine rings is 1. The highest BCUT2D eigenvalue weighted by molar-refractivity contribution is 7.10. The van der Waals surface area contributed by atoms with Gasteiger partial charge in [0.2, 0.25) is 5.91 Å². The lowest BCUT2D eigenvalue weighted by molar-refractivity contribution is -0.136. The molecule has 2 amide bonds. The molecule has 1 fully saturated rings. The van der Waals surface area contributed by atoms with Gasteiger partial charge >= 0.3 is 0 Å². The summed E-state index contributed by atoms with van der Waals surface area (Å²) in [5.74, 6) is 0.443. The molecule has 160 valence electrons. The summed E-state index contributed by atoms with van der Waals surface area (Å²) >= 11 is 1.57. The Morgan fingerprint density at radius 2 is 1.73 bits per heavy atom. The molecule has 0 N–H and O–H groups in total. The molecule has 1 saturated heterocycles. The Bertz CT molecular complexity index is 938. The summed E-state index contributed by atoms with van der Waals surface area (Å²) < 4.78 is 10.9. The summed E-state index contributed by atoms with van der Waals surface area (Å²) in [6.07, 6.45) is 0. The molecule has 1 aromatic carbocycles. The largest absolute Gasteiger partial charge is 0.493 e. The first-order chi connectivity index (χ1) is 14.5. The van der Waals surface area contributed by atoms with Gasteiger partial charge in [0.15, 0.2) is 11.5 Å². The number of rotatable bonds is 4. The maximum Gasteiger partial charge on any atom is 0.254 e. The highest BCUT2D eigenvalue weighted by Gasteiger charge is 2.45. The number of carbonyl (C=O) groups is 2. The highest BCUT2D eigenvalue weighted by atomic mass is 32.1. The van der Waals surface area contributed by atoms with Gasteiger partial charge in [-0.15, -0.1) is 11.3 Å². The van der Waals surface area contributed by atoms with Gasteiger partial charge in [-0.3, -0.25) is 9.59 Å². The normalized spacial score (nSPS) is 22.1. The van der Waals surface area contributed by atoms with Crippen LogP contribution in [0.5, 0.6) is 11.5 Å². The fourth-order valence-corrected chi connectivity index (χ4v) is 5.26. The molecule has 2 atom stereocenters. The van der Waals surface area contributed by atoms with E-state index in [0.717, 1.165) is 18.0 Å². The number of hydrogen-bond acceptors (Lipinski definition) is 6. The summed E-state index contributed by atoms with van der Waals surface area (Å²) in [5.41, 5.74) is 1.20. The van der Waals surface area contributed by atoms with Crippen LogP contribution >= 0.6 is 11.3 Å². The molecule has 7 nitrogen and oxygen atoms in total. The number of amides is 2. The van der Waals surface area contributed by atoms with Crippen LogP contribution in [0.1, 0.15) is 32.8 Å². The molecule has 0 spiro atoms. The molecule has 0 aliphatic carbocycles. The van der Waals surface area contributed by atoms with Gasteiger partial charge in [-0.05, 0) is 36.2 Å². The van der Waals surface area contributed by atoms with Crippen molar-refractivity contribution in [3.05, 3.63) is 45.6 Å². The van der Waals surface area contributed by atoms with Crippen molar-refractivity contribution in [3.8, 4) is 11.5 Å². The summed E-state index contributed by atoms with van der Waals surface area (Å²) in [6.45, 7) is 3.05. The Morgan fingerprint density at radius 3 is 2.33 bits per heavy atom. The molecule has 4 rings (SSSR count). The van der Waals surface area contributed by atoms with E-state index in [1.807, 2.05) is 22.4 Å². The van der Waals surface area contributed by atoms with E-state index in [9.17, 15) is 9.59 Å². The fourth-order valence-electron chi connectivity index (χ4n) is 4.35. The second kappa shape index (κ2) is 8.28. The Balaban J connectivity index is 1.85. The zero-order valence-electron chi connectivity index (χ0n) is 17.8. The van der Waals surface area contributed by atoms with Crippen molar-refractivity contribution in [3.63, 3.8) is 0 Å². The van der Waals surface area contributed by atoms with Crippen molar-refractivity contribution >= 4 is 23.2 Å². The van der Waals surface area contributed by atoms with Crippen LogP contribution in [0.3, 0.4) is 0 Å². The Hall–Kier alpha value is -2.58. The van der Waals surface area contributed by atoms with Gasteiger partial charge in [-0.25, -0.2) is 0 Å². The van der Waals surface area contributed by atoms with Crippen molar-refractivity contribution in [2.45, 2.75) is 12.0 Å². The van der Waals surface area contributed by atoms with Crippen LogP contribution < -0.4 is 9.47 Å². The lowest BCUT2D eigenvalue weighted by Crippen LogP contribution is -2.52. The summed E-state index contributed by atoms with van der Waals surface area (Å²) in [5, 5.41) is 1.98. The molecule has 2 aromatic rings. The van der Waals surface area contributed by atoms with E-state index in [1.165, 1.54) is 0 Å². The van der Waals surface area contributed by atoms with Gasteiger partial charge in [-0.1, -0.05) is 6.07 Å². The van der Waals surface area contributed by atoms with E-state index in [2.05, 4.69) is 11.9 Å². The van der Waals surface area contributed by atoms with Crippen LogP contribution in [0, 0.1) is 0 Å². The summed E-state index contributed by atoms with van der Waals surface area (Å²) in [6, 6.07) is 7.10. The van der Waals surface area contributed by atoms with Crippen LogP contribution in [0.25, 0.3) is 0 Å². The molecule has 0 radical (unpaired) electrons. The van der Waals surface area contributed by atoms with Gasteiger partial charge in [0, 0.05) is 43.7 Å². The van der Waals surface area contributed by atoms with E-state index in [-0.39, 0.29) is 17.9 Å². The lowest BCUT2D eigenvalue weighted by Gasteiger charge is -2.42. The fraction of sp³-hybridized carbons (Fsp3) is 0.455. The zero-order valence-corrected chi connectivity index (χ0v) is 18.6. The second-order valence-electron chi connectivity index (χ2n) is 7.78. The summed E-state index contributed by atoms with van der Waals surface area (Å²) in [7, 11) is 6.95. The first kappa shape index (κ1) is 20.7. The topological polar surface area (TPSA) is 62.3 Å². The van der Waals surface area contributed by atoms with Gasteiger partial charge < -0.3 is 24.2 Å². The van der Waals surface area contributed by atoms with Crippen molar-refractivity contribution < 1.29 is 19.1 Å². The molecule has 1 aromatic heterocycles. The average Bonchev–Trinajstić information content (AvgIpc) is 3.29. The molecular weight excluding hydrogens is 402 g/mol. The minimum absolute atomic E-state index is 0.0503. The Morgan fingerprint density at radius 1 is 1.07 bits per heavy atom. The number of ether oxygens (including phenoxy) is 2. The third-order valence-electron chi connectivity index (χ3n) is 6.09. The van der Waals surface area contributed by atoms with Gasteiger partial charge in [0.25, 0.3) is 5.91 Å². The smallest absolute Gasteiger partial charge is 0.254 e. The van der Waals surface area contributed by atoms with E-state index in [1.54, 1.807) is 49.6 Å². The van der Waals surface area contributed by atoms with Crippen molar-refractivity contribution in [2.75, 3.05) is 54.5 Å². The quantitative estimate of drug-likeness (QED) is 0.747. The monoisotopic (exact) mass is 429 g/mol. The van der Waals surface area contributed by atoms with Crippen LogP contribution in [0.4, 0.5) is 0 Å². The molecule has 2 aliphatic heterocycles. The number of thiophene rings is 1. The van der Waals surface area contributed by atoms with Crippen LogP contribution in [-0.2, 0) is 4.79 Å². The van der Waals surface area contributed by atoms with Crippen LogP contribution in [-0.4, -0.2) is 81.0 Å². The van der Waals surface area contributed by atoms with E-state index < -0.39 is 5.92 Å². The number of carbonyl (C=O) groups excluding carboxylic acids is 2. The molecule has 30 heavy (non-hydrogen) atoms. The Labute approximate surface area is 180 Å². The minimum atomic E-state index is -0.496. The third kappa shape index (κ3) is 3.44. The molecule has 0 bridgehead atoms. The number of benzene rings is 1. The maximum atomic E-state index is 13.8. The van der Waals surface area contributed by atoms with Crippen molar-refractivity contribution in [1.29, 1.82) is 0 Å². The molecule has 0 unspecified atom stereocenters. The van der Waals surface area contributed by atoms with Gasteiger partial charge in [0.05, 0.1) is 26.2 Å². The molecular formula is C22H27N3O4S. The molecule has 3 heterocycles. The Kier molecular flexibility index (Phi) is 5.71. The average molecular weight is 430 g/mol. The number of likely N-dealkylation sites (N-methyl/N-ethyl adjacent to an activating group) is 2. The van der Waals surface area contributed by atoms with E-state index >= 15 is 0 Å². The van der Waals surface area contributed by atoms with Crippen LogP contribution in [0.15, 0.2) is 29.6 Å². The highest BCUT2D eigenvalue weighted by Crippen LogP contribution is 2.47. The molecule has 8 heteroatoms. The first-order valence-corrected chi connectivity index (χ1v) is 10.9. The second-order valence-corrected chi connectivity index (χ2v) is 8.76. The number of fused-ring (bicyclic) bond motifs is 1. The van der Waals surface area contributed by atoms with Gasteiger partial charge in [0.1, 0.15) is 0 Å². The lowest BCUT2D eigenvalue weighted by atomic mass is 9.81.